The van der Waals surface area contributed by atoms with E-state index in [1.807, 2.05) is 12.1 Å². The van der Waals surface area contributed by atoms with Gasteiger partial charge in [0.2, 0.25) is 0 Å². The van der Waals surface area contributed by atoms with Crippen LogP contribution >= 0.6 is 27.5 Å². The molecule has 0 aliphatic rings. The van der Waals surface area contributed by atoms with Gasteiger partial charge in [0.05, 0.1) is 7.11 Å². The fraction of sp³-hybridized carbons (Fsp3) is 0.222. The van der Waals surface area contributed by atoms with Crippen LogP contribution in [0.15, 0.2) is 22.7 Å². The number of benzene rings is 1. The van der Waals surface area contributed by atoms with Gasteiger partial charge in [-0.1, -0.05) is 33.6 Å². The summed E-state index contributed by atoms with van der Waals surface area (Å²) in [6, 6.07) is 5.47. The van der Waals surface area contributed by atoms with Crippen molar-refractivity contribution in [2.45, 2.75) is 6.54 Å². The zero-order valence-electron chi connectivity index (χ0n) is 7.51. The van der Waals surface area contributed by atoms with Gasteiger partial charge in [-0.3, -0.25) is 0 Å². The summed E-state index contributed by atoms with van der Waals surface area (Å²) in [6.07, 6.45) is -0.469. The molecular formula is C9H9BrClNO2. The Hall–Kier alpha value is -0.740. The lowest BCUT2D eigenvalue weighted by molar-refractivity contribution is 0.170. The van der Waals surface area contributed by atoms with Crippen LogP contribution in [0.3, 0.4) is 0 Å². The molecule has 0 radical (unpaired) electrons. The van der Waals surface area contributed by atoms with Crippen LogP contribution < -0.4 is 5.32 Å². The molecule has 3 nitrogen and oxygen atoms in total. The highest BCUT2D eigenvalue weighted by Gasteiger charge is 2.03. The zero-order chi connectivity index (χ0) is 10.6. The number of halogens is 2. The number of carbonyl (C=O) groups excluding carboxylic acids is 1. The van der Waals surface area contributed by atoms with Gasteiger partial charge in [0.15, 0.2) is 0 Å². The molecule has 0 aliphatic carbocycles. The Morgan fingerprint density at radius 3 is 2.93 bits per heavy atom. The lowest BCUT2D eigenvalue weighted by Crippen LogP contribution is -2.22. The molecule has 0 aromatic heterocycles. The summed E-state index contributed by atoms with van der Waals surface area (Å²) in [6.45, 7) is 0.360. The van der Waals surface area contributed by atoms with Crippen molar-refractivity contribution in [2.24, 2.45) is 0 Å². The van der Waals surface area contributed by atoms with Crippen LogP contribution in [-0.4, -0.2) is 13.2 Å². The summed E-state index contributed by atoms with van der Waals surface area (Å²) in [5, 5.41) is 3.16. The summed E-state index contributed by atoms with van der Waals surface area (Å²) in [7, 11) is 1.32. The molecule has 0 saturated carbocycles. The first kappa shape index (κ1) is 11.3. The minimum absolute atomic E-state index is 0.360. The van der Waals surface area contributed by atoms with E-state index in [1.54, 1.807) is 6.07 Å². The van der Waals surface area contributed by atoms with E-state index in [0.717, 1.165) is 10.0 Å². The standard InChI is InChI=1S/C9H9BrClNO2/c1-14-9(13)12-5-6-2-3-7(10)4-8(6)11/h2-4H,5H2,1H3,(H,12,13). The van der Waals surface area contributed by atoms with Gasteiger partial charge in [0.1, 0.15) is 0 Å². The summed E-state index contributed by atoms with van der Waals surface area (Å²) in [4.78, 5) is 10.8. The van der Waals surface area contributed by atoms with E-state index in [4.69, 9.17) is 11.6 Å². The van der Waals surface area contributed by atoms with Crippen LogP contribution in [0.5, 0.6) is 0 Å². The van der Waals surface area contributed by atoms with E-state index in [1.165, 1.54) is 7.11 Å². The van der Waals surface area contributed by atoms with Crippen molar-refractivity contribution in [2.75, 3.05) is 7.11 Å². The normalized spacial score (nSPS) is 9.64. The first-order valence-electron chi connectivity index (χ1n) is 3.89. The molecule has 5 heteroatoms. The fourth-order valence-corrected chi connectivity index (χ4v) is 1.64. The Morgan fingerprint density at radius 1 is 1.64 bits per heavy atom. The SMILES string of the molecule is COC(=O)NCc1ccc(Br)cc1Cl. The highest BCUT2D eigenvalue weighted by atomic mass is 79.9. The lowest BCUT2D eigenvalue weighted by atomic mass is 10.2. The molecule has 0 spiro atoms. The fourth-order valence-electron chi connectivity index (χ4n) is 0.905. The van der Waals surface area contributed by atoms with Crippen molar-refractivity contribution in [3.63, 3.8) is 0 Å². The van der Waals surface area contributed by atoms with Crippen LogP contribution in [0.4, 0.5) is 4.79 Å². The number of alkyl carbamates (subject to hydrolysis) is 1. The van der Waals surface area contributed by atoms with E-state index in [9.17, 15) is 4.79 Å². The van der Waals surface area contributed by atoms with Gasteiger partial charge in [-0.2, -0.15) is 0 Å². The number of carbonyl (C=O) groups is 1. The zero-order valence-corrected chi connectivity index (χ0v) is 9.85. The third kappa shape index (κ3) is 3.20. The Labute approximate surface area is 95.5 Å². The summed E-state index contributed by atoms with van der Waals surface area (Å²) in [5.41, 5.74) is 0.847. The molecule has 1 aromatic rings. The predicted octanol–water partition coefficient (Wildman–Crippen LogP) is 2.96. The molecule has 1 aromatic carbocycles. The van der Waals surface area contributed by atoms with Crippen LogP contribution in [0, 0.1) is 0 Å². The summed E-state index contributed by atoms with van der Waals surface area (Å²) in [5.74, 6) is 0. The molecule has 1 N–H and O–H groups in total. The molecule has 0 unspecified atom stereocenters. The molecular weight excluding hydrogens is 269 g/mol. The summed E-state index contributed by atoms with van der Waals surface area (Å²) < 4.78 is 5.34. The highest BCUT2D eigenvalue weighted by molar-refractivity contribution is 9.10. The van der Waals surface area contributed by atoms with Crippen molar-refractivity contribution >= 4 is 33.6 Å². The van der Waals surface area contributed by atoms with Crippen LogP contribution in [0.2, 0.25) is 5.02 Å². The average molecular weight is 279 g/mol. The van der Waals surface area contributed by atoms with Gasteiger partial charge in [-0.25, -0.2) is 4.79 Å². The predicted molar refractivity (Wildman–Crippen MR) is 58.4 cm³/mol. The molecule has 1 rings (SSSR count). The minimum atomic E-state index is -0.469. The first-order valence-corrected chi connectivity index (χ1v) is 5.06. The maximum absolute atomic E-state index is 10.8. The topological polar surface area (TPSA) is 38.3 Å². The molecule has 0 saturated heterocycles. The van der Waals surface area contributed by atoms with E-state index in [2.05, 4.69) is 26.0 Å². The Morgan fingerprint density at radius 2 is 2.36 bits per heavy atom. The molecule has 0 bridgehead atoms. The van der Waals surface area contributed by atoms with Gasteiger partial charge in [-0.05, 0) is 17.7 Å². The Bertz CT molecular complexity index is 344. The second-order valence-electron chi connectivity index (χ2n) is 2.58. The number of rotatable bonds is 2. The highest BCUT2D eigenvalue weighted by Crippen LogP contribution is 2.20. The second kappa shape index (κ2) is 5.22. The van der Waals surface area contributed by atoms with Gasteiger partial charge in [0.25, 0.3) is 0 Å². The molecule has 14 heavy (non-hydrogen) atoms. The average Bonchev–Trinajstić information content (AvgIpc) is 2.16. The largest absolute Gasteiger partial charge is 0.453 e. The third-order valence-corrected chi connectivity index (χ3v) is 2.47. The first-order chi connectivity index (χ1) is 6.63. The lowest BCUT2D eigenvalue weighted by Gasteiger charge is -2.05. The number of hydrogen-bond acceptors (Lipinski definition) is 2. The third-order valence-electron chi connectivity index (χ3n) is 1.62. The van der Waals surface area contributed by atoms with Crippen LogP contribution in [-0.2, 0) is 11.3 Å². The van der Waals surface area contributed by atoms with Crippen LogP contribution in [0.1, 0.15) is 5.56 Å². The second-order valence-corrected chi connectivity index (χ2v) is 3.90. The maximum Gasteiger partial charge on any atom is 0.407 e. The Balaban J connectivity index is 2.63. The van der Waals surface area contributed by atoms with Gasteiger partial charge in [-0.15, -0.1) is 0 Å². The van der Waals surface area contributed by atoms with E-state index in [-0.39, 0.29) is 0 Å². The molecule has 76 valence electrons. The quantitative estimate of drug-likeness (QED) is 0.903. The monoisotopic (exact) mass is 277 g/mol. The number of methoxy groups -OCH3 is 1. The molecule has 1 amide bonds. The van der Waals surface area contributed by atoms with Crippen molar-refractivity contribution in [1.29, 1.82) is 0 Å². The van der Waals surface area contributed by atoms with Crippen molar-refractivity contribution < 1.29 is 9.53 Å². The Kier molecular flexibility index (Phi) is 4.22. The van der Waals surface area contributed by atoms with Gasteiger partial charge in [0, 0.05) is 16.0 Å². The van der Waals surface area contributed by atoms with Crippen molar-refractivity contribution in [3.8, 4) is 0 Å². The van der Waals surface area contributed by atoms with Gasteiger partial charge < -0.3 is 10.1 Å². The molecule has 0 atom stereocenters. The number of ether oxygens (including phenoxy) is 1. The van der Waals surface area contributed by atoms with Crippen molar-refractivity contribution in [3.05, 3.63) is 33.3 Å². The van der Waals surface area contributed by atoms with Crippen molar-refractivity contribution in [1.82, 2.24) is 5.32 Å². The summed E-state index contributed by atoms with van der Waals surface area (Å²) >= 11 is 9.23. The van der Waals surface area contributed by atoms with Gasteiger partial charge >= 0.3 is 6.09 Å². The number of hydrogen-bond donors (Lipinski definition) is 1. The molecule has 0 fully saturated rings. The molecule has 0 heterocycles. The maximum atomic E-state index is 10.8. The number of nitrogens with one attached hydrogen (secondary N) is 1. The van der Waals surface area contributed by atoms with E-state index >= 15 is 0 Å². The number of amides is 1. The van der Waals surface area contributed by atoms with E-state index in [0.29, 0.717) is 11.6 Å². The smallest absolute Gasteiger partial charge is 0.407 e. The minimum Gasteiger partial charge on any atom is -0.453 e. The van der Waals surface area contributed by atoms with Crippen LogP contribution in [0.25, 0.3) is 0 Å². The van der Waals surface area contributed by atoms with E-state index < -0.39 is 6.09 Å². The molecule has 0 aliphatic heterocycles.